The molecule has 5 nitrogen and oxygen atoms in total. The van der Waals surface area contributed by atoms with E-state index in [0.717, 1.165) is 6.29 Å². The Balaban J connectivity index is 2.33. The van der Waals surface area contributed by atoms with Gasteiger partial charge in [-0.1, -0.05) is 12.1 Å². The van der Waals surface area contributed by atoms with Gasteiger partial charge in [-0.25, -0.2) is 0 Å². The van der Waals surface area contributed by atoms with Crippen LogP contribution >= 0.6 is 0 Å². The molecule has 1 aromatic heterocycles. The molecule has 0 fully saturated rings. The zero-order valence-electron chi connectivity index (χ0n) is 9.78. The molecule has 0 spiro atoms. The number of aromatic nitrogens is 1. The Bertz CT molecular complexity index is 582. The first-order valence-electron chi connectivity index (χ1n) is 5.29. The normalized spacial score (nSPS) is 10.5. The summed E-state index contributed by atoms with van der Waals surface area (Å²) in [6, 6.07) is 8.66. The lowest BCUT2D eigenvalue weighted by Crippen LogP contribution is -1.83. The molecule has 5 heteroatoms. The zero-order chi connectivity index (χ0) is 12.8. The minimum absolute atomic E-state index is 0.490. The smallest absolute Gasteiger partial charge is 0.152 e. The SMILES string of the molecule is COc1ccncc1/N=N/c1ccccc1C=O. The van der Waals surface area contributed by atoms with Crippen LogP contribution in [0.5, 0.6) is 5.75 Å². The maximum absolute atomic E-state index is 10.8. The van der Waals surface area contributed by atoms with Crippen LogP contribution in [0.1, 0.15) is 10.4 Å². The largest absolute Gasteiger partial charge is 0.494 e. The van der Waals surface area contributed by atoms with Gasteiger partial charge in [0.25, 0.3) is 0 Å². The fourth-order valence-corrected chi connectivity index (χ4v) is 1.41. The molecule has 0 N–H and O–H groups in total. The molecule has 90 valence electrons. The van der Waals surface area contributed by atoms with E-state index in [4.69, 9.17) is 4.74 Å². The molecule has 0 radical (unpaired) electrons. The van der Waals surface area contributed by atoms with Gasteiger partial charge in [-0.3, -0.25) is 9.78 Å². The molecule has 2 rings (SSSR count). The van der Waals surface area contributed by atoms with E-state index in [1.807, 2.05) is 0 Å². The Labute approximate surface area is 104 Å². The number of ether oxygens (including phenoxy) is 1. The molecule has 0 amide bonds. The predicted molar refractivity (Wildman–Crippen MR) is 66.8 cm³/mol. The summed E-state index contributed by atoms with van der Waals surface area (Å²) in [6.45, 7) is 0. The van der Waals surface area contributed by atoms with Crippen LogP contribution in [-0.4, -0.2) is 18.4 Å². The Morgan fingerprint density at radius 3 is 2.72 bits per heavy atom. The second-order valence-corrected chi connectivity index (χ2v) is 3.42. The van der Waals surface area contributed by atoms with Crippen molar-refractivity contribution in [2.75, 3.05) is 7.11 Å². The third kappa shape index (κ3) is 2.57. The van der Waals surface area contributed by atoms with Crippen molar-refractivity contribution in [3.05, 3.63) is 48.3 Å². The standard InChI is InChI=1S/C13H11N3O2/c1-18-13-6-7-14-8-12(13)16-15-11-5-3-2-4-10(11)9-17/h2-9H,1H3/b16-15+. The molecule has 0 aliphatic heterocycles. The first kappa shape index (κ1) is 11.9. The molecule has 0 atom stereocenters. The molecule has 18 heavy (non-hydrogen) atoms. The average Bonchev–Trinajstić information content (AvgIpc) is 2.45. The fraction of sp³-hybridized carbons (Fsp3) is 0.0769. The Morgan fingerprint density at radius 1 is 1.17 bits per heavy atom. The molecular weight excluding hydrogens is 230 g/mol. The van der Waals surface area contributed by atoms with Crippen molar-refractivity contribution in [3.63, 3.8) is 0 Å². The molecule has 2 aromatic rings. The van der Waals surface area contributed by atoms with Gasteiger partial charge in [0.2, 0.25) is 0 Å². The van der Waals surface area contributed by atoms with Gasteiger partial charge in [0, 0.05) is 17.8 Å². The quantitative estimate of drug-likeness (QED) is 0.609. The van der Waals surface area contributed by atoms with Crippen molar-refractivity contribution in [1.82, 2.24) is 4.98 Å². The molecule has 0 bridgehead atoms. The molecule has 0 saturated heterocycles. The van der Waals surface area contributed by atoms with Gasteiger partial charge in [0.15, 0.2) is 6.29 Å². The first-order chi connectivity index (χ1) is 8.85. The highest BCUT2D eigenvalue weighted by molar-refractivity contribution is 5.82. The topological polar surface area (TPSA) is 63.9 Å². The fourth-order valence-electron chi connectivity index (χ4n) is 1.41. The summed E-state index contributed by atoms with van der Waals surface area (Å²) in [6.07, 6.45) is 3.90. The van der Waals surface area contributed by atoms with E-state index >= 15 is 0 Å². The Kier molecular flexibility index (Phi) is 3.76. The summed E-state index contributed by atoms with van der Waals surface area (Å²) in [5.74, 6) is 0.581. The minimum Gasteiger partial charge on any atom is -0.494 e. The molecule has 0 saturated carbocycles. The van der Waals surface area contributed by atoms with Gasteiger partial charge in [0.05, 0.1) is 19.0 Å². The van der Waals surface area contributed by atoms with E-state index in [9.17, 15) is 4.79 Å². The summed E-state index contributed by atoms with van der Waals surface area (Å²) in [5.41, 5.74) is 1.52. The van der Waals surface area contributed by atoms with Crippen molar-refractivity contribution in [2.45, 2.75) is 0 Å². The van der Waals surface area contributed by atoms with Crippen molar-refractivity contribution in [1.29, 1.82) is 0 Å². The van der Waals surface area contributed by atoms with Crippen LogP contribution in [0, 0.1) is 0 Å². The number of nitrogens with zero attached hydrogens (tertiary/aromatic N) is 3. The summed E-state index contributed by atoms with van der Waals surface area (Å²) in [5, 5.41) is 8.06. The van der Waals surface area contributed by atoms with Crippen LogP contribution < -0.4 is 4.74 Å². The maximum Gasteiger partial charge on any atom is 0.152 e. The van der Waals surface area contributed by atoms with Crippen LogP contribution in [-0.2, 0) is 0 Å². The van der Waals surface area contributed by atoms with Crippen molar-refractivity contribution >= 4 is 17.7 Å². The van der Waals surface area contributed by atoms with Crippen molar-refractivity contribution in [3.8, 4) is 5.75 Å². The number of benzene rings is 1. The van der Waals surface area contributed by atoms with Crippen LogP contribution in [0.3, 0.4) is 0 Å². The second-order valence-electron chi connectivity index (χ2n) is 3.42. The van der Waals surface area contributed by atoms with E-state index in [2.05, 4.69) is 15.2 Å². The first-order valence-corrected chi connectivity index (χ1v) is 5.29. The number of carbonyl (C=O) groups is 1. The number of methoxy groups -OCH3 is 1. The van der Waals surface area contributed by atoms with Crippen LogP contribution in [0.15, 0.2) is 53.0 Å². The summed E-state index contributed by atoms with van der Waals surface area (Å²) in [7, 11) is 1.55. The molecule has 0 aliphatic carbocycles. The zero-order valence-corrected chi connectivity index (χ0v) is 9.78. The predicted octanol–water partition coefficient (Wildman–Crippen LogP) is 3.32. The average molecular weight is 241 g/mol. The van der Waals surface area contributed by atoms with Gasteiger partial charge >= 0.3 is 0 Å². The summed E-state index contributed by atoms with van der Waals surface area (Å²) < 4.78 is 5.13. The Morgan fingerprint density at radius 2 is 1.94 bits per heavy atom. The van der Waals surface area contributed by atoms with E-state index in [-0.39, 0.29) is 0 Å². The van der Waals surface area contributed by atoms with Gasteiger partial charge < -0.3 is 4.74 Å². The highest BCUT2D eigenvalue weighted by Crippen LogP contribution is 2.27. The summed E-state index contributed by atoms with van der Waals surface area (Å²) >= 11 is 0. The van der Waals surface area contributed by atoms with E-state index in [1.54, 1.807) is 49.8 Å². The highest BCUT2D eigenvalue weighted by Gasteiger charge is 2.02. The molecule has 0 unspecified atom stereocenters. The molecule has 1 heterocycles. The van der Waals surface area contributed by atoms with Gasteiger partial charge in [0.1, 0.15) is 11.4 Å². The number of aldehydes is 1. The lowest BCUT2D eigenvalue weighted by atomic mass is 10.2. The summed E-state index contributed by atoms with van der Waals surface area (Å²) in [4.78, 5) is 14.8. The molecule has 0 aliphatic rings. The Hall–Kier alpha value is -2.56. The van der Waals surface area contributed by atoms with E-state index < -0.39 is 0 Å². The monoisotopic (exact) mass is 241 g/mol. The van der Waals surface area contributed by atoms with Crippen LogP contribution in [0.2, 0.25) is 0 Å². The molecular formula is C13H11N3O2. The number of hydrogen-bond acceptors (Lipinski definition) is 5. The second kappa shape index (κ2) is 5.67. The van der Waals surface area contributed by atoms with Crippen molar-refractivity contribution < 1.29 is 9.53 Å². The molecule has 1 aromatic carbocycles. The van der Waals surface area contributed by atoms with Gasteiger partial charge in [-0.2, -0.15) is 0 Å². The minimum atomic E-state index is 0.490. The van der Waals surface area contributed by atoms with Crippen LogP contribution in [0.4, 0.5) is 11.4 Å². The van der Waals surface area contributed by atoms with E-state index in [1.165, 1.54) is 0 Å². The maximum atomic E-state index is 10.8. The van der Waals surface area contributed by atoms with Gasteiger partial charge in [-0.15, -0.1) is 10.2 Å². The van der Waals surface area contributed by atoms with E-state index in [0.29, 0.717) is 22.7 Å². The number of pyridine rings is 1. The third-order valence-electron chi connectivity index (χ3n) is 2.31. The number of carbonyl (C=O) groups excluding carboxylic acids is 1. The number of azo groups is 1. The lowest BCUT2D eigenvalue weighted by molar-refractivity contribution is 0.112. The lowest BCUT2D eigenvalue weighted by Gasteiger charge is -2.01. The third-order valence-corrected chi connectivity index (χ3v) is 2.31. The van der Waals surface area contributed by atoms with Crippen molar-refractivity contribution in [2.24, 2.45) is 10.2 Å². The number of rotatable bonds is 4. The highest BCUT2D eigenvalue weighted by atomic mass is 16.5. The van der Waals surface area contributed by atoms with Gasteiger partial charge in [-0.05, 0) is 12.1 Å². The van der Waals surface area contributed by atoms with Crippen LogP contribution in [0.25, 0.3) is 0 Å². The number of hydrogen-bond donors (Lipinski definition) is 0.